The minimum absolute atomic E-state index is 0.111. The van der Waals surface area contributed by atoms with E-state index >= 15 is 0 Å². The number of morpholine rings is 1. The molecule has 1 N–H and O–H groups in total. The lowest BCUT2D eigenvalue weighted by Crippen LogP contribution is -2.53. The van der Waals surface area contributed by atoms with E-state index in [0.29, 0.717) is 24.8 Å². The molecule has 23 heavy (non-hydrogen) atoms. The topological polar surface area (TPSA) is 76.5 Å². The Morgan fingerprint density at radius 2 is 2.22 bits per heavy atom. The Morgan fingerprint density at radius 1 is 1.48 bits per heavy atom. The van der Waals surface area contributed by atoms with Gasteiger partial charge in [-0.2, -0.15) is 5.10 Å². The van der Waals surface area contributed by atoms with E-state index in [4.69, 9.17) is 4.74 Å². The highest BCUT2D eigenvalue weighted by molar-refractivity contribution is 5.97. The van der Waals surface area contributed by atoms with Crippen LogP contribution in [0.3, 0.4) is 0 Å². The number of amides is 2. The van der Waals surface area contributed by atoms with Crippen molar-refractivity contribution in [3.63, 3.8) is 0 Å². The molecule has 1 fully saturated rings. The van der Waals surface area contributed by atoms with Crippen LogP contribution < -0.4 is 5.32 Å². The molecule has 0 spiro atoms. The van der Waals surface area contributed by atoms with E-state index < -0.39 is 6.04 Å². The molecule has 1 aliphatic rings. The number of anilines is 1. The fourth-order valence-corrected chi connectivity index (χ4v) is 2.81. The van der Waals surface area contributed by atoms with Crippen molar-refractivity contribution in [2.24, 2.45) is 5.92 Å². The molecule has 1 saturated heterocycles. The van der Waals surface area contributed by atoms with Gasteiger partial charge in [0.25, 0.3) is 0 Å². The molecule has 0 aromatic carbocycles. The van der Waals surface area contributed by atoms with E-state index in [9.17, 15) is 9.59 Å². The summed E-state index contributed by atoms with van der Waals surface area (Å²) in [6, 6.07) is -0.584. The van der Waals surface area contributed by atoms with Crippen LogP contribution in [0.4, 0.5) is 5.69 Å². The van der Waals surface area contributed by atoms with Gasteiger partial charge in [-0.15, -0.1) is 0 Å². The molecular weight excluding hydrogens is 296 g/mol. The Labute approximate surface area is 137 Å². The van der Waals surface area contributed by atoms with Gasteiger partial charge in [0, 0.05) is 20.0 Å². The SMILES string of the molecule is CCc1c(NC(=O)C2COCCN2C(C)=O)cnn1CC(C)C. The number of carbonyl (C=O) groups excluding carboxylic acids is 2. The summed E-state index contributed by atoms with van der Waals surface area (Å²) in [5.74, 6) is 0.141. The largest absolute Gasteiger partial charge is 0.377 e. The predicted molar refractivity (Wildman–Crippen MR) is 87.1 cm³/mol. The summed E-state index contributed by atoms with van der Waals surface area (Å²) in [5.41, 5.74) is 1.71. The van der Waals surface area contributed by atoms with Gasteiger partial charge in [0.05, 0.1) is 30.8 Å². The molecule has 0 saturated carbocycles. The molecule has 1 atom stereocenters. The highest BCUT2D eigenvalue weighted by Crippen LogP contribution is 2.19. The summed E-state index contributed by atoms with van der Waals surface area (Å²) >= 11 is 0. The van der Waals surface area contributed by atoms with Gasteiger partial charge < -0.3 is 15.0 Å². The molecule has 0 radical (unpaired) electrons. The molecular formula is C16H26N4O3. The van der Waals surface area contributed by atoms with E-state index in [2.05, 4.69) is 24.3 Å². The minimum Gasteiger partial charge on any atom is -0.377 e. The lowest BCUT2D eigenvalue weighted by Gasteiger charge is -2.33. The van der Waals surface area contributed by atoms with Gasteiger partial charge in [0.2, 0.25) is 11.8 Å². The molecule has 1 aromatic rings. The minimum atomic E-state index is -0.584. The van der Waals surface area contributed by atoms with Gasteiger partial charge in [0.1, 0.15) is 6.04 Å². The predicted octanol–water partition coefficient (Wildman–Crippen LogP) is 1.29. The van der Waals surface area contributed by atoms with Crippen molar-refractivity contribution in [2.45, 2.75) is 46.7 Å². The molecule has 1 aromatic heterocycles. The number of rotatable bonds is 5. The molecule has 2 heterocycles. The number of nitrogens with one attached hydrogen (secondary N) is 1. The van der Waals surface area contributed by atoms with Gasteiger partial charge in [-0.3, -0.25) is 14.3 Å². The lowest BCUT2D eigenvalue weighted by atomic mass is 10.2. The first-order valence-electron chi connectivity index (χ1n) is 8.14. The summed E-state index contributed by atoms with van der Waals surface area (Å²) in [5, 5.41) is 7.28. The molecule has 2 rings (SSSR count). The van der Waals surface area contributed by atoms with Crippen molar-refractivity contribution in [1.29, 1.82) is 0 Å². The zero-order valence-corrected chi connectivity index (χ0v) is 14.3. The van der Waals surface area contributed by atoms with Crippen LogP contribution in [0.1, 0.15) is 33.4 Å². The number of hydrogen-bond donors (Lipinski definition) is 1. The number of nitrogens with zero attached hydrogens (tertiary/aromatic N) is 3. The second kappa shape index (κ2) is 7.59. The molecule has 128 valence electrons. The Hall–Kier alpha value is -1.89. The quantitative estimate of drug-likeness (QED) is 0.886. The van der Waals surface area contributed by atoms with Crippen LogP contribution in [-0.4, -0.2) is 52.3 Å². The average Bonchev–Trinajstić information content (AvgIpc) is 2.87. The van der Waals surface area contributed by atoms with Crippen LogP contribution >= 0.6 is 0 Å². The second-order valence-electron chi connectivity index (χ2n) is 6.23. The van der Waals surface area contributed by atoms with E-state index in [-0.39, 0.29) is 18.4 Å². The number of hydrogen-bond acceptors (Lipinski definition) is 4. The van der Waals surface area contributed by atoms with Crippen molar-refractivity contribution >= 4 is 17.5 Å². The molecule has 1 unspecified atom stereocenters. The van der Waals surface area contributed by atoms with Crippen LogP contribution in [0.2, 0.25) is 0 Å². The molecule has 0 bridgehead atoms. The van der Waals surface area contributed by atoms with Gasteiger partial charge in [0.15, 0.2) is 0 Å². The summed E-state index contributed by atoms with van der Waals surface area (Å²) in [7, 11) is 0. The number of aromatic nitrogens is 2. The Balaban J connectivity index is 2.13. The normalized spacial score (nSPS) is 18.3. The van der Waals surface area contributed by atoms with Crippen LogP contribution in [-0.2, 0) is 27.3 Å². The van der Waals surface area contributed by atoms with Crippen LogP contribution in [0.25, 0.3) is 0 Å². The summed E-state index contributed by atoms with van der Waals surface area (Å²) in [4.78, 5) is 25.8. The van der Waals surface area contributed by atoms with Crippen LogP contribution in [0.5, 0.6) is 0 Å². The van der Waals surface area contributed by atoms with Crippen LogP contribution in [0, 0.1) is 5.92 Å². The van der Waals surface area contributed by atoms with E-state index in [0.717, 1.165) is 18.7 Å². The number of ether oxygens (including phenoxy) is 1. The van der Waals surface area contributed by atoms with Crippen molar-refractivity contribution in [3.8, 4) is 0 Å². The molecule has 7 heteroatoms. The van der Waals surface area contributed by atoms with E-state index in [1.165, 1.54) is 6.92 Å². The monoisotopic (exact) mass is 322 g/mol. The van der Waals surface area contributed by atoms with Gasteiger partial charge in [-0.25, -0.2) is 0 Å². The standard InChI is InChI=1S/C16H26N4O3/c1-5-14-13(8-17-20(14)9-11(2)3)18-16(22)15-10-23-7-6-19(15)12(4)21/h8,11,15H,5-7,9-10H2,1-4H3,(H,18,22). The Bertz CT molecular complexity index is 568. The maximum atomic E-state index is 12.6. The molecule has 1 aliphatic heterocycles. The highest BCUT2D eigenvalue weighted by Gasteiger charge is 2.31. The molecule has 7 nitrogen and oxygen atoms in total. The Kier molecular flexibility index (Phi) is 5.76. The maximum Gasteiger partial charge on any atom is 0.249 e. The first-order chi connectivity index (χ1) is 10.9. The maximum absolute atomic E-state index is 12.6. The zero-order valence-electron chi connectivity index (χ0n) is 14.3. The van der Waals surface area contributed by atoms with Crippen molar-refractivity contribution in [2.75, 3.05) is 25.1 Å². The smallest absolute Gasteiger partial charge is 0.249 e. The highest BCUT2D eigenvalue weighted by atomic mass is 16.5. The zero-order chi connectivity index (χ0) is 17.0. The van der Waals surface area contributed by atoms with Crippen molar-refractivity contribution in [1.82, 2.24) is 14.7 Å². The van der Waals surface area contributed by atoms with Gasteiger partial charge in [-0.05, 0) is 12.3 Å². The van der Waals surface area contributed by atoms with Crippen molar-refractivity contribution < 1.29 is 14.3 Å². The molecule has 2 amide bonds. The lowest BCUT2D eigenvalue weighted by molar-refractivity contribution is -0.144. The molecule has 0 aliphatic carbocycles. The third-order valence-corrected chi connectivity index (χ3v) is 3.92. The summed E-state index contributed by atoms with van der Waals surface area (Å²) < 4.78 is 7.29. The average molecular weight is 322 g/mol. The third-order valence-electron chi connectivity index (χ3n) is 3.92. The van der Waals surface area contributed by atoms with E-state index in [1.807, 2.05) is 11.6 Å². The Morgan fingerprint density at radius 3 is 2.83 bits per heavy atom. The van der Waals surface area contributed by atoms with Crippen LogP contribution in [0.15, 0.2) is 6.20 Å². The summed E-state index contributed by atoms with van der Waals surface area (Å²) in [6.45, 7) is 9.72. The second-order valence-corrected chi connectivity index (χ2v) is 6.23. The summed E-state index contributed by atoms with van der Waals surface area (Å²) in [6.07, 6.45) is 2.46. The van der Waals surface area contributed by atoms with E-state index in [1.54, 1.807) is 11.1 Å². The van der Waals surface area contributed by atoms with Crippen molar-refractivity contribution in [3.05, 3.63) is 11.9 Å². The van der Waals surface area contributed by atoms with Gasteiger partial charge in [-0.1, -0.05) is 20.8 Å². The number of carbonyl (C=O) groups is 2. The fraction of sp³-hybridized carbons (Fsp3) is 0.688. The van der Waals surface area contributed by atoms with Gasteiger partial charge >= 0.3 is 0 Å². The first-order valence-corrected chi connectivity index (χ1v) is 8.14. The third kappa shape index (κ3) is 4.10. The fourth-order valence-electron chi connectivity index (χ4n) is 2.81. The first kappa shape index (κ1) is 17.5.